The third-order valence-corrected chi connectivity index (χ3v) is 17.2. The summed E-state index contributed by atoms with van der Waals surface area (Å²) >= 11 is 0. The van der Waals surface area contributed by atoms with Gasteiger partial charge in [-0.2, -0.15) is 0 Å². The van der Waals surface area contributed by atoms with Gasteiger partial charge < -0.3 is 33.8 Å². The molecule has 0 fully saturated rings. The smallest absolute Gasteiger partial charge is 0.462 e. The fourth-order valence-electron chi connectivity index (χ4n) is 9.63. The van der Waals surface area contributed by atoms with Crippen molar-refractivity contribution >= 4 is 39.5 Å². The normalized spacial score (nSPS) is 14.8. The molecule has 0 saturated heterocycles. The molecule has 0 rings (SSSR count). The van der Waals surface area contributed by atoms with Crippen molar-refractivity contribution in [3.05, 3.63) is 146 Å². The summed E-state index contributed by atoms with van der Waals surface area (Å²) in [5.74, 6) is -2.31. The summed E-state index contributed by atoms with van der Waals surface area (Å²) in [7, 11) is -9.98. The zero-order chi connectivity index (χ0) is 73.2. The summed E-state index contributed by atoms with van der Waals surface area (Å²) in [5.41, 5.74) is 0. The lowest BCUT2D eigenvalue weighted by Crippen LogP contribution is -2.30. The Labute approximate surface area is 605 Å². The maximum Gasteiger partial charge on any atom is 0.472 e. The van der Waals surface area contributed by atoms with E-state index >= 15 is 0 Å². The SMILES string of the molecule is CC/C=C\C/C=C\C/C=C\C/C=C\C/C=C\C/C=C\CCC(=O)OCC(COP(=O)(O)OCC(O)COP(=O)(O)OCC(COC(=O)CCCCCCC/C=C\C/C=C\C/C=C\CC)OC(=O)CCCCCCC/C=C\C/C=C\C/C=C\CC)OC(=O)CCCCCCCCCCCCC. The minimum absolute atomic E-state index is 0.0338. The number of aliphatic hydroxyl groups is 1. The van der Waals surface area contributed by atoms with E-state index in [9.17, 15) is 43.2 Å². The standard InChI is InChI=1S/C81H134O17P2/c1-5-9-13-17-21-25-29-32-35-36-37-38-41-43-47-50-54-58-62-66-79(84)91-71-76(97-80(85)67-63-59-55-51-45-28-24-20-16-12-8-4)73-95-99(87,88)93-69-75(82)70-94-100(89,90)96-74-77(98-81(86)68-64-60-56-52-48-44-40-34-31-27-23-19-15-11-7-3)72-92-78(83)65-61-57-53-49-46-42-39-33-30-26-22-18-14-10-6-2/h9-11,13-15,21-23,25-27,32-35,37-40,43,47,54,58,75-77,82H,5-8,12,16-20,24,28-31,36,41-42,44-46,48-53,55-57,59-74H2,1-4H3,(H,87,88)(H,89,90)/b13-9-,14-10-,15-11-,25-21-,26-22-,27-23-,35-32-,38-37-,39-33-,40-34-,47-43-,58-54-. The van der Waals surface area contributed by atoms with Crippen molar-refractivity contribution in [1.29, 1.82) is 0 Å². The number of hydrogen-bond acceptors (Lipinski definition) is 15. The molecule has 19 heteroatoms. The molecule has 5 atom stereocenters. The Hall–Kier alpha value is -5.06. The van der Waals surface area contributed by atoms with Crippen LogP contribution >= 0.6 is 15.6 Å². The van der Waals surface area contributed by atoms with Crippen LogP contribution in [0.2, 0.25) is 0 Å². The number of hydrogen-bond donors (Lipinski definition) is 3. The highest BCUT2D eigenvalue weighted by atomic mass is 31.2. The van der Waals surface area contributed by atoms with Gasteiger partial charge in [-0.15, -0.1) is 0 Å². The summed E-state index contributed by atoms with van der Waals surface area (Å²) in [6.45, 7) is 4.39. The molecule has 0 aromatic heterocycles. The van der Waals surface area contributed by atoms with Crippen LogP contribution in [-0.4, -0.2) is 96.7 Å². The molecule has 100 heavy (non-hydrogen) atoms. The van der Waals surface area contributed by atoms with Gasteiger partial charge in [-0.3, -0.25) is 37.3 Å². The number of carbonyl (C=O) groups is 4. The van der Waals surface area contributed by atoms with Gasteiger partial charge in [0.2, 0.25) is 0 Å². The van der Waals surface area contributed by atoms with E-state index in [-0.39, 0.29) is 25.7 Å². The Kier molecular flexibility index (Phi) is 68.6. The number of carbonyl (C=O) groups excluding carboxylic acids is 4. The van der Waals surface area contributed by atoms with Gasteiger partial charge in [0.05, 0.1) is 26.4 Å². The number of aliphatic hydroxyl groups excluding tert-OH is 1. The van der Waals surface area contributed by atoms with Gasteiger partial charge in [-0.05, 0) is 128 Å². The Morgan fingerprint density at radius 1 is 0.290 bits per heavy atom. The zero-order valence-corrected chi connectivity index (χ0v) is 63.9. The van der Waals surface area contributed by atoms with Gasteiger partial charge in [0.15, 0.2) is 12.2 Å². The average Bonchev–Trinajstić information content (AvgIpc) is 0.953. The molecule has 0 aliphatic carbocycles. The Bertz CT molecular complexity index is 2470. The molecular formula is C81H134O17P2. The summed E-state index contributed by atoms with van der Waals surface area (Å²) < 4.78 is 68.3. The number of esters is 4. The van der Waals surface area contributed by atoms with Crippen molar-refractivity contribution in [3.8, 4) is 0 Å². The molecule has 0 aromatic carbocycles. The summed E-state index contributed by atoms with van der Waals surface area (Å²) in [6, 6.07) is 0. The zero-order valence-electron chi connectivity index (χ0n) is 62.1. The van der Waals surface area contributed by atoms with Crippen molar-refractivity contribution in [3.63, 3.8) is 0 Å². The van der Waals surface area contributed by atoms with E-state index in [1.54, 1.807) is 0 Å². The van der Waals surface area contributed by atoms with Crippen molar-refractivity contribution in [1.82, 2.24) is 0 Å². The van der Waals surface area contributed by atoms with Gasteiger partial charge in [0.25, 0.3) is 0 Å². The van der Waals surface area contributed by atoms with Crippen LogP contribution < -0.4 is 0 Å². The largest absolute Gasteiger partial charge is 0.472 e. The van der Waals surface area contributed by atoms with Crippen LogP contribution in [0, 0.1) is 0 Å². The van der Waals surface area contributed by atoms with Gasteiger partial charge in [-0.25, -0.2) is 9.13 Å². The van der Waals surface area contributed by atoms with Crippen molar-refractivity contribution in [2.45, 2.75) is 303 Å². The molecule has 3 N–H and O–H groups in total. The molecule has 0 heterocycles. The maximum absolute atomic E-state index is 13.1. The number of rotatable bonds is 70. The average molecular weight is 1440 g/mol. The second-order valence-corrected chi connectivity index (χ2v) is 27.7. The summed E-state index contributed by atoms with van der Waals surface area (Å²) in [6.07, 6.45) is 81.4. The molecule has 0 aromatic rings. The topological polar surface area (TPSA) is 237 Å². The van der Waals surface area contributed by atoms with E-state index in [1.807, 2.05) is 18.2 Å². The molecule has 0 bridgehead atoms. The van der Waals surface area contributed by atoms with Crippen molar-refractivity contribution in [2.24, 2.45) is 0 Å². The number of ether oxygens (including phenoxy) is 4. The van der Waals surface area contributed by atoms with Crippen LogP contribution in [0.15, 0.2) is 146 Å². The lowest BCUT2D eigenvalue weighted by atomic mass is 10.1. The first-order valence-electron chi connectivity index (χ1n) is 38.1. The Morgan fingerprint density at radius 3 is 0.860 bits per heavy atom. The first-order valence-corrected chi connectivity index (χ1v) is 41.1. The second-order valence-electron chi connectivity index (χ2n) is 24.8. The highest BCUT2D eigenvalue weighted by Crippen LogP contribution is 2.45. The highest BCUT2D eigenvalue weighted by Gasteiger charge is 2.30. The number of phosphoric ester groups is 2. The van der Waals surface area contributed by atoms with E-state index in [0.29, 0.717) is 32.1 Å². The highest BCUT2D eigenvalue weighted by molar-refractivity contribution is 7.47. The Morgan fingerprint density at radius 2 is 0.540 bits per heavy atom. The molecule has 0 spiro atoms. The predicted octanol–water partition coefficient (Wildman–Crippen LogP) is 21.9. The summed E-state index contributed by atoms with van der Waals surface area (Å²) in [4.78, 5) is 72.8. The second kappa shape index (κ2) is 72.3. The van der Waals surface area contributed by atoms with E-state index in [0.717, 1.165) is 161 Å². The molecule has 17 nitrogen and oxygen atoms in total. The van der Waals surface area contributed by atoms with Crippen LogP contribution in [-0.2, 0) is 65.4 Å². The maximum atomic E-state index is 13.1. The van der Waals surface area contributed by atoms with E-state index < -0.39 is 97.5 Å². The molecule has 570 valence electrons. The number of allylic oxidation sites excluding steroid dienone is 24. The Balaban J connectivity index is 5.41. The lowest BCUT2D eigenvalue weighted by Gasteiger charge is -2.21. The van der Waals surface area contributed by atoms with E-state index in [4.69, 9.17) is 37.0 Å². The molecule has 0 amide bonds. The fraction of sp³-hybridized carbons (Fsp3) is 0.654. The van der Waals surface area contributed by atoms with Gasteiger partial charge >= 0.3 is 39.5 Å². The van der Waals surface area contributed by atoms with Gasteiger partial charge in [0.1, 0.15) is 19.3 Å². The van der Waals surface area contributed by atoms with Crippen molar-refractivity contribution in [2.75, 3.05) is 39.6 Å². The van der Waals surface area contributed by atoms with Crippen LogP contribution in [0.25, 0.3) is 0 Å². The summed E-state index contributed by atoms with van der Waals surface area (Å²) in [5, 5.41) is 10.6. The minimum Gasteiger partial charge on any atom is -0.462 e. The van der Waals surface area contributed by atoms with Gasteiger partial charge in [0, 0.05) is 25.7 Å². The first kappa shape index (κ1) is 94.9. The van der Waals surface area contributed by atoms with Crippen LogP contribution in [0.5, 0.6) is 0 Å². The van der Waals surface area contributed by atoms with Crippen LogP contribution in [0.1, 0.15) is 285 Å². The van der Waals surface area contributed by atoms with Gasteiger partial charge in [-0.1, -0.05) is 276 Å². The molecular weight excluding hydrogens is 1310 g/mol. The molecule has 0 radical (unpaired) electrons. The van der Waals surface area contributed by atoms with E-state index in [1.165, 1.54) is 38.5 Å². The van der Waals surface area contributed by atoms with Crippen LogP contribution in [0.3, 0.4) is 0 Å². The first-order chi connectivity index (χ1) is 48.7. The van der Waals surface area contributed by atoms with Crippen molar-refractivity contribution < 1.29 is 80.2 Å². The number of unbranched alkanes of at least 4 members (excludes halogenated alkanes) is 20. The quantitative estimate of drug-likeness (QED) is 0.0169. The minimum atomic E-state index is -4.99. The third-order valence-electron chi connectivity index (χ3n) is 15.3. The monoisotopic (exact) mass is 1440 g/mol. The molecule has 0 aliphatic rings. The molecule has 5 unspecified atom stereocenters. The molecule has 0 aliphatic heterocycles. The fourth-order valence-corrected chi connectivity index (χ4v) is 11.2. The molecule has 0 saturated carbocycles. The number of phosphoric acid groups is 2. The lowest BCUT2D eigenvalue weighted by molar-refractivity contribution is -0.161. The van der Waals surface area contributed by atoms with Crippen LogP contribution in [0.4, 0.5) is 0 Å². The predicted molar refractivity (Wildman–Crippen MR) is 408 cm³/mol. The van der Waals surface area contributed by atoms with E-state index in [2.05, 4.69) is 155 Å². The third kappa shape index (κ3) is 71.3.